The fraction of sp³-hybridized carbons (Fsp3) is 0.438. The first-order chi connectivity index (χ1) is 10.2. The Balaban J connectivity index is 1.78. The van der Waals surface area contributed by atoms with Crippen LogP contribution in [0.25, 0.3) is 0 Å². The molecule has 0 spiro atoms. The normalized spacial score (nSPS) is 13.2. The van der Waals surface area contributed by atoms with Crippen LogP contribution in [0, 0.1) is 0 Å². The topological polar surface area (TPSA) is 36.4 Å². The Kier molecular flexibility index (Phi) is 6.26. The summed E-state index contributed by atoms with van der Waals surface area (Å²) >= 11 is 3.67. The fourth-order valence-electron chi connectivity index (χ4n) is 2.02. The van der Waals surface area contributed by atoms with Crippen LogP contribution in [-0.4, -0.2) is 19.6 Å². The molecule has 1 atom stereocenters. The van der Waals surface area contributed by atoms with Gasteiger partial charge in [-0.1, -0.05) is 19.9 Å². The van der Waals surface area contributed by atoms with Crippen LogP contribution in [0.3, 0.4) is 0 Å². The average molecular weight is 322 g/mol. The van der Waals surface area contributed by atoms with Crippen molar-refractivity contribution in [1.82, 2.24) is 10.6 Å². The maximum absolute atomic E-state index is 4.29. The van der Waals surface area contributed by atoms with Crippen molar-refractivity contribution in [3.8, 4) is 0 Å². The maximum Gasteiger partial charge on any atom is 0.191 e. The van der Waals surface area contributed by atoms with Crippen molar-refractivity contribution >= 4 is 28.6 Å². The molecule has 5 heteroatoms. The highest BCUT2D eigenvalue weighted by molar-refractivity contribution is 7.12. The van der Waals surface area contributed by atoms with Gasteiger partial charge in [-0.2, -0.15) is 0 Å². The lowest BCUT2D eigenvalue weighted by molar-refractivity contribution is 0.709. The zero-order valence-electron chi connectivity index (χ0n) is 12.8. The van der Waals surface area contributed by atoms with E-state index in [9.17, 15) is 0 Å². The van der Waals surface area contributed by atoms with Gasteiger partial charge in [0.05, 0.1) is 6.54 Å². The van der Waals surface area contributed by atoms with Crippen LogP contribution in [0.1, 0.15) is 34.4 Å². The van der Waals surface area contributed by atoms with Gasteiger partial charge in [0.25, 0.3) is 0 Å². The van der Waals surface area contributed by atoms with E-state index >= 15 is 0 Å². The molecule has 1 unspecified atom stereocenters. The van der Waals surface area contributed by atoms with Crippen LogP contribution in [0.2, 0.25) is 0 Å². The number of nitrogens with zero attached hydrogens (tertiary/aromatic N) is 1. The molecule has 2 N–H and O–H groups in total. The first kappa shape index (κ1) is 16.0. The summed E-state index contributed by atoms with van der Waals surface area (Å²) in [5.74, 6) is 1.36. The smallest absolute Gasteiger partial charge is 0.191 e. The summed E-state index contributed by atoms with van der Waals surface area (Å²) in [6, 6.07) is 8.69. The van der Waals surface area contributed by atoms with Gasteiger partial charge in [0.1, 0.15) is 0 Å². The van der Waals surface area contributed by atoms with Crippen LogP contribution in [0.5, 0.6) is 0 Å². The van der Waals surface area contributed by atoms with Gasteiger partial charge >= 0.3 is 0 Å². The van der Waals surface area contributed by atoms with Crippen molar-refractivity contribution in [2.45, 2.75) is 32.7 Å². The van der Waals surface area contributed by atoms with E-state index < -0.39 is 0 Å². The SMILES string of the molecule is CCc1ccc(CNC(=NC)NCC(C)c2cccs2)s1. The molecule has 0 saturated heterocycles. The zero-order chi connectivity index (χ0) is 15.1. The lowest BCUT2D eigenvalue weighted by Gasteiger charge is -2.14. The van der Waals surface area contributed by atoms with E-state index in [1.54, 1.807) is 0 Å². The third-order valence-electron chi connectivity index (χ3n) is 3.32. The number of thiophene rings is 2. The summed E-state index contributed by atoms with van der Waals surface area (Å²) in [7, 11) is 1.82. The van der Waals surface area contributed by atoms with E-state index in [2.05, 4.69) is 59.1 Å². The molecular weight excluding hydrogens is 298 g/mol. The molecule has 2 rings (SSSR count). The molecule has 0 saturated carbocycles. The second kappa shape index (κ2) is 8.20. The Morgan fingerprint density at radius 3 is 2.67 bits per heavy atom. The molecule has 2 aromatic rings. The molecule has 0 amide bonds. The number of aryl methyl sites for hydroxylation is 1. The Hall–Kier alpha value is -1.33. The first-order valence-corrected chi connectivity index (χ1v) is 8.98. The number of aliphatic imine (C=N–C) groups is 1. The number of guanidine groups is 1. The molecule has 0 aromatic carbocycles. The number of nitrogens with one attached hydrogen (secondary N) is 2. The summed E-state index contributed by atoms with van der Waals surface area (Å²) < 4.78 is 0. The standard InChI is InChI=1S/C16H23N3S2/c1-4-13-7-8-14(21-13)11-19-16(17-3)18-10-12(2)15-6-5-9-20-15/h5-9,12H,4,10-11H2,1-3H3,(H2,17,18,19). The highest BCUT2D eigenvalue weighted by atomic mass is 32.1. The number of hydrogen-bond donors (Lipinski definition) is 2. The Morgan fingerprint density at radius 1 is 1.24 bits per heavy atom. The second-order valence-corrected chi connectivity index (χ2v) is 7.18. The minimum absolute atomic E-state index is 0.497. The predicted octanol–water partition coefficient (Wildman–Crippen LogP) is 3.84. The van der Waals surface area contributed by atoms with E-state index in [1.165, 1.54) is 14.6 Å². The lowest BCUT2D eigenvalue weighted by atomic mass is 10.1. The number of rotatable bonds is 6. The molecule has 114 valence electrons. The molecule has 0 fully saturated rings. The zero-order valence-corrected chi connectivity index (χ0v) is 14.5. The highest BCUT2D eigenvalue weighted by Crippen LogP contribution is 2.19. The molecule has 0 aliphatic carbocycles. The molecule has 2 heterocycles. The second-order valence-electron chi connectivity index (χ2n) is 4.94. The molecule has 0 radical (unpaired) electrons. The molecule has 0 aliphatic rings. The van der Waals surface area contributed by atoms with E-state index in [4.69, 9.17) is 0 Å². The molecule has 0 aliphatic heterocycles. The third-order valence-corrected chi connectivity index (χ3v) is 5.66. The van der Waals surface area contributed by atoms with Gasteiger partial charge in [0.15, 0.2) is 5.96 Å². The van der Waals surface area contributed by atoms with Crippen molar-refractivity contribution in [3.05, 3.63) is 44.3 Å². The van der Waals surface area contributed by atoms with Crippen LogP contribution >= 0.6 is 22.7 Å². The molecule has 0 bridgehead atoms. The summed E-state index contributed by atoms with van der Waals surface area (Å²) in [6.07, 6.45) is 1.11. The van der Waals surface area contributed by atoms with Crippen LogP contribution in [0.15, 0.2) is 34.6 Å². The molecule has 21 heavy (non-hydrogen) atoms. The van der Waals surface area contributed by atoms with E-state index in [0.717, 1.165) is 25.5 Å². The summed E-state index contributed by atoms with van der Waals surface area (Å²) in [5.41, 5.74) is 0. The third kappa shape index (κ3) is 4.86. The van der Waals surface area contributed by atoms with Gasteiger partial charge in [0, 0.05) is 34.1 Å². The largest absolute Gasteiger partial charge is 0.356 e. The maximum atomic E-state index is 4.29. The van der Waals surface area contributed by atoms with Crippen molar-refractivity contribution in [1.29, 1.82) is 0 Å². The fourth-order valence-corrected chi connectivity index (χ4v) is 3.71. The summed E-state index contributed by atoms with van der Waals surface area (Å²) in [4.78, 5) is 8.47. The Morgan fingerprint density at radius 2 is 2.05 bits per heavy atom. The van der Waals surface area contributed by atoms with E-state index in [0.29, 0.717) is 5.92 Å². The molecular formula is C16H23N3S2. The highest BCUT2D eigenvalue weighted by Gasteiger charge is 2.07. The average Bonchev–Trinajstić information content (AvgIpc) is 3.18. The van der Waals surface area contributed by atoms with Crippen LogP contribution in [0.4, 0.5) is 0 Å². The van der Waals surface area contributed by atoms with Crippen molar-refractivity contribution in [2.75, 3.05) is 13.6 Å². The van der Waals surface area contributed by atoms with Gasteiger partial charge < -0.3 is 10.6 Å². The summed E-state index contributed by atoms with van der Waals surface area (Å²) in [5, 5.41) is 8.90. The quantitative estimate of drug-likeness (QED) is 0.626. The minimum atomic E-state index is 0.497. The van der Waals surface area contributed by atoms with Crippen molar-refractivity contribution < 1.29 is 0 Å². The van der Waals surface area contributed by atoms with Crippen molar-refractivity contribution in [3.63, 3.8) is 0 Å². The van der Waals surface area contributed by atoms with Gasteiger partial charge in [-0.25, -0.2) is 0 Å². The van der Waals surface area contributed by atoms with E-state index in [1.807, 2.05) is 29.7 Å². The Bertz CT molecular complexity index is 558. The Labute approximate surface area is 135 Å². The van der Waals surface area contributed by atoms with Gasteiger partial charge in [-0.15, -0.1) is 22.7 Å². The van der Waals surface area contributed by atoms with E-state index in [-0.39, 0.29) is 0 Å². The minimum Gasteiger partial charge on any atom is -0.356 e. The monoisotopic (exact) mass is 321 g/mol. The molecule has 2 aromatic heterocycles. The van der Waals surface area contributed by atoms with Crippen LogP contribution in [-0.2, 0) is 13.0 Å². The molecule has 3 nitrogen and oxygen atoms in total. The van der Waals surface area contributed by atoms with Gasteiger partial charge in [-0.05, 0) is 30.0 Å². The first-order valence-electron chi connectivity index (χ1n) is 7.28. The summed E-state index contributed by atoms with van der Waals surface area (Å²) in [6.45, 7) is 6.15. The predicted molar refractivity (Wildman–Crippen MR) is 94.6 cm³/mol. The van der Waals surface area contributed by atoms with Gasteiger partial charge in [-0.3, -0.25) is 4.99 Å². The van der Waals surface area contributed by atoms with Crippen molar-refractivity contribution in [2.24, 2.45) is 4.99 Å². The lowest BCUT2D eigenvalue weighted by Crippen LogP contribution is -2.38. The van der Waals surface area contributed by atoms with Crippen LogP contribution < -0.4 is 10.6 Å². The van der Waals surface area contributed by atoms with Gasteiger partial charge in [0.2, 0.25) is 0 Å². The number of hydrogen-bond acceptors (Lipinski definition) is 3.